The molecule has 8 heteroatoms. The molecule has 0 aliphatic heterocycles. The van der Waals surface area contributed by atoms with Crippen LogP contribution in [0.4, 0.5) is 5.69 Å². The Hall–Kier alpha value is -2.09. The van der Waals surface area contributed by atoms with Gasteiger partial charge in [-0.05, 0) is 24.3 Å². The lowest BCUT2D eigenvalue weighted by Gasteiger charge is -2.21. The molecule has 0 aromatic heterocycles. The number of sulfonamides is 1. The first-order valence-corrected chi connectivity index (χ1v) is 7.09. The molecule has 104 valence electrons. The lowest BCUT2D eigenvalue weighted by atomic mass is 10.2. The highest BCUT2D eigenvalue weighted by atomic mass is 32.2. The Kier molecular flexibility index (Phi) is 4.49. The number of aromatic carboxylic acids is 1. The van der Waals surface area contributed by atoms with Gasteiger partial charge in [-0.1, -0.05) is 0 Å². The van der Waals surface area contributed by atoms with Crippen molar-refractivity contribution in [2.24, 2.45) is 0 Å². The van der Waals surface area contributed by atoms with Gasteiger partial charge in [0.2, 0.25) is 10.0 Å². The van der Waals surface area contributed by atoms with E-state index in [1.807, 2.05) is 0 Å². The van der Waals surface area contributed by atoms with Gasteiger partial charge >= 0.3 is 11.9 Å². The number of hydrogen-bond donors (Lipinski definition) is 2. The summed E-state index contributed by atoms with van der Waals surface area (Å²) in [5.41, 5.74) is 0.254. The van der Waals surface area contributed by atoms with Crippen LogP contribution in [0.3, 0.4) is 0 Å². The Morgan fingerprint density at radius 3 is 2.05 bits per heavy atom. The van der Waals surface area contributed by atoms with Crippen LogP contribution in [0.5, 0.6) is 0 Å². The van der Waals surface area contributed by atoms with E-state index in [0.717, 1.165) is 10.6 Å². The SMILES string of the molecule is CS(=O)(=O)N(CCC(=O)O)c1ccc(C(=O)O)cc1. The maximum atomic E-state index is 11.6. The molecule has 0 atom stereocenters. The molecule has 0 saturated heterocycles. The van der Waals surface area contributed by atoms with Crippen LogP contribution in [-0.4, -0.2) is 43.4 Å². The topological polar surface area (TPSA) is 112 Å². The van der Waals surface area contributed by atoms with Crippen molar-refractivity contribution in [3.8, 4) is 0 Å². The summed E-state index contributed by atoms with van der Waals surface area (Å²) in [6.07, 6.45) is 0.619. The molecule has 0 amide bonds. The Bertz CT molecular complexity index is 578. The Labute approximate surface area is 110 Å². The first kappa shape index (κ1) is 15.0. The summed E-state index contributed by atoms with van der Waals surface area (Å²) in [5.74, 6) is -2.24. The third kappa shape index (κ3) is 4.25. The van der Waals surface area contributed by atoms with Crippen LogP contribution in [0, 0.1) is 0 Å². The van der Waals surface area contributed by atoms with Gasteiger partial charge in [0.15, 0.2) is 0 Å². The normalized spacial score (nSPS) is 11.0. The van der Waals surface area contributed by atoms with Gasteiger partial charge in [-0.3, -0.25) is 9.10 Å². The third-order valence-corrected chi connectivity index (χ3v) is 3.53. The lowest BCUT2D eigenvalue weighted by molar-refractivity contribution is -0.136. The van der Waals surface area contributed by atoms with E-state index in [1.165, 1.54) is 24.3 Å². The zero-order valence-corrected chi connectivity index (χ0v) is 10.9. The number of rotatable bonds is 6. The minimum atomic E-state index is -3.62. The molecule has 0 aliphatic carbocycles. The molecule has 1 aromatic carbocycles. The summed E-state index contributed by atoms with van der Waals surface area (Å²) in [6, 6.07) is 5.17. The predicted molar refractivity (Wildman–Crippen MR) is 67.8 cm³/mol. The number of carbonyl (C=O) groups is 2. The molecule has 0 unspecified atom stereocenters. The van der Waals surface area contributed by atoms with Crippen molar-refractivity contribution in [3.63, 3.8) is 0 Å². The second kappa shape index (κ2) is 5.70. The summed E-state index contributed by atoms with van der Waals surface area (Å²) in [5, 5.41) is 17.3. The maximum absolute atomic E-state index is 11.6. The van der Waals surface area contributed by atoms with Gasteiger partial charge in [0.25, 0.3) is 0 Å². The summed E-state index contributed by atoms with van der Waals surface area (Å²) in [7, 11) is -3.62. The fourth-order valence-corrected chi connectivity index (χ4v) is 2.38. The number of benzene rings is 1. The average molecular weight is 287 g/mol. The number of carboxylic acid groups (broad SMARTS) is 2. The summed E-state index contributed by atoms with van der Waals surface area (Å²) >= 11 is 0. The van der Waals surface area contributed by atoms with E-state index in [-0.39, 0.29) is 24.2 Å². The molecule has 1 aromatic rings. The van der Waals surface area contributed by atoms with Gasteiger partial charge in [0.05, 0.1) is 23.9 Å². The zero-order chi connectivity index (χ0) is 14.6. The van der Waals surface area contributed by atoms with E-state index in [1.54, 1.807) is 0 Å². The highest BCUT2D eigenvalue weighted by molar-refractivity contribution is 7.92. The van der Waals surface area contributed by atoms with Gasteiger partial charge in [-0.2, -0.15) is 0 Å². The monoisotopic (exact) mass is 287 g/mol. The largest absolute Gasteiger partial charge is 0.481 e. The number of nitrogens with zero attached hydrogens (tertiary/aromatic N) is 1. The van der Waals surface area contributed by atoms with E-state index in [4.69, 9.17) is 10.2 Å². The Morgan fingerprint density at radius 1 is 1.16 bits per heavy atom. The van der Waals surface area contributed by atoms with Crippen molar-refractivity contribution in [2.75, 3.05) is 17.1 Å². The predicted octanol–water partition coefficient (Wildman–Crippen LogP) is 0.625. The molecule has 19 heavy (non-hydrogen) atoms. The van der Waals surface area contributed by atoms with Gasteiger partial charge in [-0.25, -0.2) is 13.2 Å². The lowest BCUT2D eigenvalue weighted by Crippen LogP contribution is -2.32. The quantitative estimate of drug-likeness (QED) is 0.793. The van der Waals surface area contributed by atoms with E-state index >= 15 is 0 Å². The molecule has 2 N–H and O–H groups in total. The first-order valence-electron chi connectivity index (χ1n) is 5.24. The van der Waals surface area contributed by atoms with Crippen LogP contribution >= 0.6 is 0 Å². The molecule has 0 fully saturated rings. The van der Waals surface area contributed by atoms with E-state index in [2.05, 4.69) is 0 Å². The van der Waals surface area contributed by atoms with Crippen LogP contribution in [0.15, 0.2) is 24.3 Å². The fraction of sp³-hybridized carbons (Fsp3) is 0.273. The van der Waals surface area contributed by atoms with E-state index in [9.17, 15) is 18.0 Å². The molecular weight excluding hydrogens is 274 g/mol. The minimum absolute atomic E-state index is 0.0236. The fourth-order valence-electron chi connectivity index (χ4n) is 1.45. The molecule has 0 bridgehead atoms. The zero-order valence-electron chi connectivity index (χ0n) is 10.1. The molecule has 1 rings (SSSR count). The Balaban J connectivity index is 3.04. The highest BCUT2D eigenvalue weighted by Gasteiger charge is 2.18. The smallest absolute Gasteiger partial charge is 0.335 e. The van der Waals surface area contributed by atoms with Crippen LogP contribution in [-0.2, 0) is 14.8 Å². The summed E-state index contributed by atoms with van der Waals surface area (Å²) in [4.78, 5) is 21.2. The third-order valence-electron chi connectivity index (χ3n) is 2.33. The van der Waals surface area contributed by atoms with Crippen LogP contribution in [0.2, 0.25) is 0 Å². The van der Waals surface area contributed by atoms with Crippen molar-refractivity contribution in [1.82, 2.24) is 0 Å². The number of hydrogen-bond acceptors (Lipinski definition) is 4. The van der Waals surface area contributed by atoms with Crippen molar-refractivity contribution < 1.29 is 28.2 Å². The van der Waals surface area contributed by atoms with Crippen molar-refractivity contribution in [3.05, 3.63) is 29.8 Å². The number of aliphatic carboxylic acids is 1. The summed E-state index contributed by atoms with van der Waals surface area (Å²) < 4.78 is 24.1. The molecule has 0 saturated carbocycles. The Morgan fingerprint density at radius 2 is 1.68 bits per heavy atom. The summed E-state index contributed by atoms with van der Waals surface area (Å²) in [6.45, 7) is -0.208. The molecular formula is C11H13NO6S. The molecule has 0 aliphatic rings. The maximum Gasteiger partial charge on any atom is 0.335 e. The minimum Gasteiger partial charge on any atom is -0.481 e. The van der Waals surface area contributed by atoms with E-state index in [0.29, 0.717) is 0 Å². The molecule has 0 radical (unpaired) electrons. The van der Waals surface area contributed by atoms with Gasteiger partial charge < -0.3 is 10.2 Å². The number of anilines is 1. The van der Waals surface area contributed by atoms with E-state index < -0.39 is 22.0 Å². The van der Waals surface area contributed by atoms with Gasteiger partial charge in [0.1, 0.15) is 0 Å². The number of carboxylic acids is 2. The second-order valence-corrected chi connectivity index (χ2v) is 5.74. The molecule has 7 nitrogen and oxygen atoms in total. The first-order chi connectivity index (χ1) is 8.71. The van der Waals surface area contributed by atoms with Crippen LogP contribution in [0.25, 0.3) is 0 Å². The average Bonchev–Trinajstić information content (AvgIpc) is 2.27. The van der Waals surface area contributed by atoms with Crippen molar-refractivity contribution >= 4 is 27.6 Å². The van der Waals surface area contributed by atoms with Crippen molar-refractivity contribution in [2.45, 2.75) is 6.42 Å². The van der Waals surface area contributed by atoms with Crippen LogP contribution < -0.4 is 4.31 Å². The van der Waals surface area contributed by atoms with Gasteiger partial charge in [0, 0.05) is 6.54 Å². The molecule has 0 heterocycles. The van der Waals surface area contributed by atoms with Crippen LogP contribution in [0.1, 0.15) is 16.8 Å². The standard InChI is InChI=1S/C11H13NO6S/c1-19(17,18)12(7-6-10(13)14)9-4-2-8(3-5-9)11(15)16/h2-5H,6-7H2,1H3,(H,13,14)(H,15,16). The second-order valence-electron chi connectivity index (χ2n) is 3.83. The highest BCUT2D eigenvalue weighted by Crippen LogP contribution is 2.18. The van der Waals surface area contributed by atoms with Crippen molar-refractivity contribution in [1.29, 1.82) is 0 Å². The molecule has 0 spiro atoms. The van der Waals surface area contributed by atoms with Gasteiger partial charge in [-0.15, -0.1) is 0 Å².